The Labute approximate surface area is 47.0 Å². The van der Waals surface area contributed by atoms with Crippen molar-refractivity contribution in [3.8, 4) is 12.3 Å². The summed E-state index contributed by atoms with van der Waals surface area (Å²) in [5.41, 5.74) is 0. The predicted octanol–water partition coefficient (Wildman–Crippen LogP) is -0.663. The fourth-order valence-corrected chi connectivity index (χ4v) is 0.389. The number of aliphatic hydroxyl groups excluding tert-OH is 1. The third kappa shape index (κ3) is 3.85. The number of hydrogen-bond donors (Lipinski definition) is 2. The fourth-order valence-electron chi connectivity index (χ4n) is 0.130. The Bertz CT molecular complexity index is 126. The standard InChI is InChI=1S/C3H5O4P/c1-2-3(4)7-8(5)6/h1,3-4,8H,(H,5,6). The van der Waals surface area contributed by atoms with Gasteiger partial charge in [-0.05, 0) is 5.92 Å². The second kappa shape index (κ2) is 3.65. The molecule has 0 aliphatic carbocycles. The summed E-state index contributed by atoms with van der Waals surface area (Å²) in [6, 6.07) is 0. The van der Waals surface area contributed by atoms with Gasteiger partial charge in [-0.25, -0.2) is 0 Å². The molecule has 0 heterocycles. The molecule has 0 aliphatic rings. The highest BCUT2D eigenvalue weighted by molar-refractivity contribution is 7.32. The summed E-state index contributed by atoms with van der Waals surface area (Å²) in [5.74, 6) is 1.70. The Morgan fingerprint density at radius 1 is 1.88 bits per heavy atom. The molecular weight excluding hydrogens is 131 g/mol. The van der Waals surface area contributed by atoms with Crippen LogP contribution in [0.5, 0.6) is 0 Å². The molecule has 0 aromatic heterocycles. The maximum absolute atomic E-state index is 9.68. The van der Waals surface area contributed by atoms with Gasteiger partial charge < -0.3 is 10.00 Å². The Morgan fingerprint density at radius 3 is 2.50 bits per heavy atom. The van der Waals surface area contributed by atoms with Crippen molar-refractivity contribution in [2.75, 3.05) is 0 Å². The molecule has 0 radical (unpaired) electrons. The van der Waals surface area contributed by atoms with Crippen LogP contribution in [-0.4, -0.2) is 16.3 Å². The molecule has 0 spiro atoms. The minimum Gasteiger partial charge on any atom is -0.358 e. The monoisotopic (exact) mass is 136 g/mol. The molecule has 4 nitrogen and oxygen atoms in total. The van der Waals surface area contributed by atoms with Gasteiger partial charge >= 0.3 is 8.25 Å². The Balaban J connectivity index is 3.43. The van der Waals surface area contributed by atoms with Crippen molar-refractivity contribution in [1.29, 1.82) is 0 Å². The molecule has 0 rings (SSSR count). The molecule has 46 valence electrons. The maximum Gasteiger partial charge on any atom is 0.319 e. The average Bonchev–Trinajstić information content (AvgIpc) is 1.65. The van der Waals surface area contributed by atoms with E-state index in [9.17, 15) is 4.57 Å². The molecule has 0 aromatic rings. The van der Waals surface area contributed by atoms with Gasteiger partial charge in [0.25, 0.3) is 0 Å². The zero-order chi connectivity index (χ0) is 6.57. The Kier molecular flexibility index (Phi) is 3.49. The largest absolute Gasteiger partial charge is 0.358 e. The molecule has 8 heavy (non-hydrogen) atoms. The van der Waals surface area contributed by atoms with Gasteiger partial charge in [-0.3, -0.25) is 9.09 Å². The van der Waals surface area contributed by atoms with E-state index in [2.05, 4.69) is 10.9 Å². The first-order valence-electron chi connectivity index (χ1n) is 1.70. The van der Waals surface area contributed by atoms with Crippen molar-refractivity contribution in [1.82, 2.24) is 0 Å². The summed E-state index contributed by atoms with van der Waals surface area (Å²) in [4.78, 5) is 7.92. The van der Waals surface area contributed by atoms with Crippen molar-refractivity contribution >= 4 is 8.25 Å². The van der Waals surface area contributed by atoms with Crippen LogP contribution < -0.4 is 0 Å². The Hall–Kier alpha value is -0.330. The lowest BCUT2D eigenvalue weighted by molar-refractivity contribution is 0.0312. The summed E-state index contributed by atoms with van der Waals surface area (Å²) < 4.78 is 13.5. The summed E-state index contributed by atoms with van der Waals surface area (Å²) in [6.45, 7) is 0. The van der Waals surface area contributed by atoms with E-state index in [1.165, 1.54) is 0 Å². The van der Waals surface area contributed by atoms with Gasteiger partial charge in [0.05, 0.1) is 0 Å². The van der Waals surface area contributed by atoms with E-state index >= 15 is 0 Å². The molecule has 5 heteroatoms. The molecular formula is C3H5O4P. The van der Waals surface area contributed by atoms with Crippen LogP contribution in [0.15, 0.2) is 0 Å². The lowest BCUT2D eigenvalue weighted by atomic mass is 10.7. The van der Waals surface area contributed by atoms with Crippen LogP contribution in [0.4, 0.5) is 0 Å². The molecule has 0 aromatic carbocycles. The number of rotatable bonds is 2. The summed E-state index contributed by atoms with van der Waals surface area (Å²) >= 11 is 0. The second-order valence-electron chi connectivity index (χ2n) is 0.903. The molecule has 2 atom stereocenters. The first-order valence-corrected chi connectivity index (χ1v) is 2.97. The van der Waals surface area contributed by atoms with Crippen LogP contribution in [0.25, 0.3) is 0 Å². The first kappa shape index (κ1) is 7.67. The SMILES string of the molecule is C#CC(O)O[PH](=O)O. The van der Waals surface area contributed by atoms with Crippen LogP contribution in [0.2, 0.25) is 0 Å². The van der Waals surface area contributed by atoms with E-state index in [1.54, 1.807) is 5.92 Å². The van der Waals surface area contributed by atoms with Gasteiger partial charge in [-0.2, -0.15) is 0 Å². The van der Waals surface area contributed by atoms with Gasteiger partial charge in [-0.15, -0.1) is 6.42 Å². The zero-order valence-electron chi connectivity index (χ0n) is 3.87. The summed E-state index contributed by atoms with van der Waals surface area (Å²) in [5, 5.41) is 8.24. The molecule has 0 aliphatic heterocycles. The molecule has 0 saturated heterocycles. The van der Waals surface area contributed by atoms with E-state index in [-0.39, 0.29) is 0 Å². The van der Waals surface area contributed by atoms with Crippen LogP contribution >= 0.6 is 8.25 Å². The van der Waals surface area contributed by atoms with Gasteiger partial charge in [0.2, 0.25) is 6.29 Å². The van der Waals surface area contributed by atoms with Crippen molar-refractivity contribution in [3.05, 3.63) is 0 Å². The lowest BCUT2D eigenvalue weighted by Crippen LogP contribution is -2.01. The number of terminal acetylenes is 1. The van der Waals surface area contributed by atoms with Gasteiger partial charge in [0.1, 0.15) is 0 Å². The Morgan fingerprint density at radius 2 is 2.38 bits per heavy atom. The summed E-state index contributed by atoms with van der Waals surface area (Å²) in [6.07, 6.45) is 3.00. The van der Waals surface area contributed by atoms with E-state index in [0.29, 0.717) is 0 Å². The fraction of sp³-hybridized carbons (Fsp3) is 0.333. The quantitative estimate of drug-likeness (QED) is 0.300. The van der Waals surface area contributed by atoms with Gasteiger partial charge in [0.15, 0.2) is 0 Å². The maximum atomic E-state index is 9.68. The highest BCUT2D eigenvalue weighted by Crippen LogP contribution is 2.15. The highest BCUT2D eigenvalue weighted by Gasteiger charge is 1.99. The number of aliphatic hydroxyl groups is 1. The van der Waals surface area contributed by atoms with Crippen molar-refractivity contribution < 1.29 is 19.1 Å². The lowest BCUT2D eigenvalue weighted by Gasteiger charge is -1.97. The van der Waals surface area contributed by atoms with E-state index < -0.39 is 14.5 Å². The van der Waals surface area contributed by atoms with Crippen LogP contribution in [0.1, 0.15) is 0 Å². The normalized spacial score (nSPS) is 16.6. The minimum absolute atomic E-state index is 1.56. The van der Waals surface area contributed by atoms with Gasteiger partial charge in [0, 0.05) is 0 Å². The van der Waals surface area contributed by atoms with E-state index in [1.807, 2.05) is 0 Å². The third-order valence-electron chi connectivity index (χ3n) is 0.355. The molecule has 0 fully saturated rings. The molecule has 2 N–H and O–H groups in total. The molecule has 0 amide bonds. The van der Waals surface area contributed by atoms with E-state index in [4.69, 9.17) is 10.00 Å². The molecule has 0 bridgehead atoms. The van der Waals surface area contributed by atoms with Crippen LogP contribution in [0.3, 0.4) is 0 Å². The van der Waals surface area contributed by atoms with Crippen LogP contribution in [-0.2, 0) is 9.09 Å². The second-order valence-corrected chi connectivity index (χ2v) is 1.67. The first-order chi connectivity index (χ1) is 3.66. The van der Waals surface area contributed by atoms with Crippen molar-refractivity contribution in [2.45, 2.75) is 6.29 Å². The molecule has 2 unspecified atom stereocenters. The average molecular weight is 136 g/mol. The topological polar surface area (TPSA) is 66.8 Å². The van der Waals surface area contributed by atoms with E-state index in [0.717, 1.165) is 0 Å². The summed E-state index contributed by atoms with van der Waals surface area (Å²) in [7, 11) is -3.09. The van der Waals surface area contributed by atoms with Gasteiger partial charge in [-0.1, -0.05) is 0 Å². The van der Waals surface area contributed by atoms with Crippen molar-refractivity contribution in [3.63, 3.8) is 0 Å². The zero-order valence-corrected chi connectivity index (χ0v) is 4.87. The minimum atomic E-state index is -3.09. The van der Waals surface area contributed by atoms with Crippen molar-refractivity contribution in [2.24, 2.45) is 0 Å². The van der Waals surface area contributed by atoms with Crippen LogP contribution in [0, 0.1) is 12.3 Å². The predicted molar refractivity (Wildman–Crippen MR) is 27.1 cm³/mol. The molecule has 0 saturated carbocycles. The third-order valence-corrected chi connectivity index (χ3v) is 0.780. The smallest absolute Gasteiger partial charge is 0.319 e. The number of hydrogen-bond acceptors (Lipinski definition) is 3. The highest BCUT2D eigenvalue weighted by atomic mass is 31.1.